The molecule has 0 aromatic carbocycles. The molecule has 0 spiro atoms. The Morgan fingerprint density at radius 2 is 2.43 bits per heavy atom. The predicted octanol–water partition coefficient (Wildman–Crippen LogP) is -0.336. The quantitative estimate of drug-likeness (QED) is 0.640. The van der Waals surface area contributed by atoms with Crippen molar-refractivity contribution >= 4 is 0 Å². The van der Waals surface area contributed by atoms with Crippen LogP contribution in [-0.4, -0.2) is 56.0 Å². The summed E-state index contributed by atoms with van der Waals surface area (Å²) in [6, 6.07) is 0.134. The fourth-order valence-corrected chi connectivity index (χ4v) is 2.14. The van der Waals surface area contributed by atoms with E-state index < -0.39 is 0 Å². The van der Waals surface area contributed by atoms with Crippen molar-refractivity contribution in [3.05, 3.63) is 0 Å². The molecular weight excluding hydrogens is 180 g/mol. The Kier molecular flexibility index (Phi) is 5.40. The van der Waals surface area contributed by atoms with Crippen molar-refractivity contribution in [2.24, 2.45) is 11.7 Å². The summed E-state index contributed by atoms with van der Waals surface area (Å²) < 4.78 is 5.16. The van der Waals surface area contributed by atoms with Gasteiger partial charge in [0, 0.05) is 26.2 Å². The van der Waals surface area contributed by atoms with Gasteiger partial charge in [-0.15, -0.1) is 0 Å². The summed E-state index contributed by atoms with van der Waals surface area (Å²) in [4.78, 5) is 2.28. The molecule has 0 saturated carbocycles. The normalized spacial score (nSPS) is 26.4. The molecule has 2 unspecified atom stereocenters. The Balaban J connectivity index is 2.38. The van der Waals surface area contributed by atoms with Crippen LogP contribution in [0.25, 0.3) is 0 Å². The van der Waals surface area contributed by atoms with E-state index in [0.29, 0.717) is 12.5 Å². The van der Waals surface area contributed by atoms with E-state index in [9.17, 15) is 0 Å². The molecule has 1 aliphatic rings. The van der Waals surface area contributed by atoms with Crippen LogP contribution in [0.1, 0.15) is 12.8 Å². The smallest absolute Gasteiger partial charge is 0.0599 e. The molecule has 1 aliphatic heterocycles. The predicted molar refractivity (Wildman–Crippen MR) is 56.1 cm³/mol. The molecular formula is C10H22N2O2. The van der Waals surface area contributed by atoms with Crippen LogP contribution in [0, 0.1) is 5.92 Å². The van der Waals surface area contributed by atoms with Gasteiger partial charge in [-0.2, -0.15) is 0 Å². The van der Waals surface area contributed by atoms with Gasteiger partial charge in [0.25, 0.3) is 0 Å². The molecule has 1 rings (SSSR count). The molecule has 0 bridgehead atoms. The fourth-order valence-electron chi connectivity index (χ4n) is 2.14. The monoisotopic (exact) mass is 202 g/mol. The van der Waals surface area contributed by atoms with Crippen molar-refractivity contribution in [2.45, 2.75) is 18.9 Å². The number of nitrogens with two attached hydrogens (primary N) is 1. The van der Waals surface area contributed by atoms with Crippen LogP contribution >= 0.6 is 0 Å². The van der Waals surface area contributed by atoms with Gasteiger partial charge in [-0.05, 0) is 25.3 Å². The van der Waals surface area contributed by atoms with Crippen molar-refractivity contribution < 1.29 is 9.84 Å². The highest BCUT2D eigenvalue weighted by Crippen LogP contribution is 2.18. The second kappa shape index (κ2) is 6.35. The van der Waals surface area contributed by atoms with Crippen LogP contribution in [0.5, 0.6) is 0 Å². The van der Waals surface area contributed by atoms with Crippen LogP contribution in [0.4, 0.5) is 0 Å². The lowest BCUT2D eigenvalue weighted by Crippen LogP contribution is -2.48. The Labute approximate surface area is 86.0 Å². The maximum atomic E-state index is 9.14. The van der Waals surface area contributed by atoms with Crippen LogP contribution in [0.3, 0.4) is 0 Å². The van der Waals surface area contributed by atoms with Gasteiger partial charge in [-0.1, -0.05) is 0 Å². The minimum absolute atomic E-state index is 0.134. The van der Waals surface area contributed by atoms with Gasteiger partial charge in [0.05, 0.1) is 13.2 Å². The first-order chi connectivity index (χ1) is 6.81. The highest BCUT2D eigenvalue weighted by atomic mass is 16.5. The second-order valence-electron chi connectivity index (χ2n) is 4.03. The molecule has 3 N–H and O–H groups in total. The van der Waals surface area contributed by atoms with Crippen molar-refractivity contribution in [3.8, 4) is 0 Å². The Hall–Kier alpha value is -0.160. The van der Waals surface area contributed by atoms with Crippen molar-refractivity contribution in [1.82, 2.24) is 4.90 Å². The van der Waals surface area contributed by atoms with E-state index in [1.807, 2.05) is 0 Å². The maximum Gasteiger partial charge on any atom is 0.0599 e. The van der Waals surface area contributed by atoms with Gasteiger partial charge < -0.3 is 15.6 Å². The Morgan fingerprint density at radius 3 is 3.00 bits per heavy atom. The van der Waals surface area contributed by atoms with Gasteiger partial charge in [0.15, 0.2) is 0 Å². The number of hydrogen-bond acceptors (Lipinski definition) is 4. The lowest BCUT2D eigenvalue weighted by Gasteiger charge is -2.36. The molecule has 4 heteroatoms. The van der Waals surface area contributed by atoms with Crippen molar-refractivity contribution in [1.29, 1.82) is 0 Å². The van der Waals surface area contributed by atoms with E-state index in [2.05, 4.69) is 4.90 Å². The molecule has 0 radical (unpaired) electrons. The van der Waals surface area contributed by atoms with E-state index in [1.165, 1.54) is 12.8 Å². The first-order valence-electron chi connectivity index (χ1n) is 5.35. The Bertz CT molecular complexity index is 149. The number of piperidine rings is 1. The highest BCUT2D eigenvalue weighted by molar-refractivity contribution is 4.79. The summed E-state index contributed by atoms with van der Waals surface area (Å²) in [6.07, 6.45) is 2.41. The molecule has 0 amide bonds. The first kappa shape index (κ1) is 11.9. The van der Waals surface area contributed by atoms with Crippen molar-refractivity contribution in [2.75, 3.05) is 40.0 Å². The van der Waals surface area contributed by atoms with Gasteiger partial charge >= 0.3 is 0 Å². The zero-order chi connectivity index (χ0) is 10.4. The molecule has 0 aromatic rings. The van der Waals surface area contributed by atoms with E-state index >= 15 is 0 Å². The first-order valence-corrected chi connectivity index (χ1v) is 5.35. The molecule has 84 valence electrons. The van der Waals surface area contributed by atoms with Gasteiger partial charge in [0.2, 0.25) is 0 Å². The molecule has 0 aromatic heterocycles. The van der Waals surface area contributed by atoms with Crippen LogP contribution in [-0.2, 0) is 4.74 Å². The highest BCUT2D eigenvalue weighted by Gasteiger charge is 2.24. The zero-order valence-electron chi connectivity index (χ0n) is 8.98. The lowest BCUT2D eigenvalue weighted by atomic mass is 9.97. The molecule has 4 nitrogen and oxygen atoms in total. The minimum atomic E-state index is 0.134. The largest absolute Gasteiger partial charge is 0.395 e. The van der Waals surface area contributed by atoms with Crippen LogP contribution < -0.4 is 5.73 Å². The number of methoxy groups -OCH3 is 1. The van der Waals surface area contributed by atoms with E-state index in [-0.39, 0.29) is 12.6 Å². The van der Waals surface area contributed by atoms with E-state index in [4.69, 9.17) is 15.6 Å². The Morgan fingerprint density at radius 1 is 1.64 bits per heavy atom. The summed E-state index contributed by atoms with van der Waals surface area (Å²) in [5.41, 5.74) is 5.60. The van der Waals surface area contributed by atoms with Gasteiger partial charge in [0.1, 0.15) is 0 Å². The lowest BCUT2D eigenvalue weighted by molar-refractivity contribution is 0.0507. The molecule has 1 heterocycles. The van der Waals surface area contributed by atoms with E-state index in [0.717, 1.165) is 19.7 Å². The topological polar surface area (TPSA) is 58.7 Å². The van der Waals surface area contributed by atoms with Crippen LogP contribution in [0.2, 0.25) is 0 Å². The maximum absolute atomic E-state index is 9.14. The summed E-state index contributed by atoms with van der Waals surface area (Å²) in [6.45, 7) is 3.59. The summed E-state index contributed by atoms with van der Waals surface area (Å²) in [7, 11) is 1.74. The number of hydrogen-bond donors (Lipinski definition) is 2. The molecule has 1 fully saturated rings. The third-order valence-corrected chi connectivity index (χ3v) is 2.95. The third kappa shape index (κ3) is 3.20. The minimum Gasteiger partial charge on any atom is -0.395 e. The fraction of sp³-hybridized carbons (Fsp3) is 1.00. The zero-order valence-corrected chi connectivity index (χ0v) is 8.98. The number of rotatable bonds is 5. The molecule has 2 atom stereocenters. The van der Waals surface area contributed by atoms with Gasteiger partial charge in [-0.25, -0.2) is 0 Å². The number of ether oxygens (including phenoxy) is 1. The van der Waals surface area contributed by atoms with Crippen LogP contribution in [0.15, 0.2) is 0 Å². The SMILES string of the molecule is COCC1CCCN(C(CN)CO)C1. The standard InChI is InChI=1S/C10H22N2O2/c1-14-8-9-3-2-4-12(6-9)10(5-11)7-13/h9-10,13H,2-8,11H2,1H3. The number of aliphatic hydroxyl groups is 1. The number of nitrogens with zero attached hydrogens (tertiary/aromatic N) is 1. The second-order valence-corrected chi connectivity index (χ2v) is 4.03. The average molecular weight is 202 g/mol. The van der Waals surface area contributed by atoms with E-state index in [1.54, 1.807) is 7.11 Å². The summed E-state index contributed by atoms with van der Waals surface area (Å²) in [5, 5.41) is 9.14. The molecule has 14 heavy (non-hydrogen) atoms. The summed E-state index contributed by atoms with van der Waals surface area (Å²) >= 11 is 0. The van der Waals surface area contributed by atoms with Crippen molar-refractivity contribution in [3.63, 3.8) is 0 Å². The summed E-state index contributed by atoms with van der Waals surface area (Å²) in [5.74, 6) is 0.606. The third-order valence-electron chi connectivity index (χ3n) is 2.95. The average Bonchev–Trinajstić information content (AvgIpc) is 2.21. The number of aliphatic hydroxyl groups excluding tert-OH is 1. The van der Waals surface area contributed by atoms with Gasteiger partial charge in [-0.3, -0.25) is 4.90 Å². The number of likely N-dealkylation sites (tertiary alicyclic amines) is 1. The molecule has 1 saturated heterocycles. The molecule has 0 aliphatic carbocycles.